The summed E-state index contributed by atoms with van der Waals surface area (Å²) >= 11 is 8.50. The molecule has 10 heteroatoms. The molecule has 2 aromatic carbocycles. The first-order valence-electron chi connectivity index (χ1n) is 8.77. The number of amides is 2. The van der Waals surface area contributed by atoms with Crippen LogP contribution in [0, 0.1) is 11.6 Å². The van der Waals surface area contributed by atoms with Gasteiger partial charge < -0.3 is 5.32 Å². The van der Waals surface area contributed by atoms with Gasteiger partial charge in [0.05, 0.1) is 21.3 Å². The highest BCUT2D eigenvalue weighted by Crippen LogP contribution is 2.29. The molecule has 5 nitrogen and oxygen atoms in total. The summed E-state index contributed by atoms with van der Waals surface area (Å²) in [5.74, 6) is -2.04. The molecule has 2 heterocycles. The van der Waals surface area contributed by atoms with Crippen LogP contribution in [0.25, 0.3) is 11.3 Å². The van der Waals surface area contributed by atoms with Crippen LogP contribution in [0.1, 0.15) is 20.0 Å². The number of anilines is 2. The summed E-state index contributed by atoms with van der Waals surface area (Å²) in [6.07, 6.45) is 0. The highest BCUT2D eigenvalue weighted by molar-refractivity contribution is 7.14. The van der Waals surface area contributed by atoms with E-state index in [4.69, 9.17) is 11.6 Å². The molecule has 0 saturated carbocycles. The standard InChI is InChI=1S/C21H12ClF2N3O2S2/c22-14-5-3-11(8-16(14)25-20(29)18-2-1-7-30-18)19(28)27-21-26-17(10-31-21)13-9-12(23)4-6-15(13)24/h1-10H,(H,25,29)(H,26,27,28). The minimum Gasteiger partial charge on any atom is -0.320 e. The van der Waals surface area contributed by atoms with E-state index >= 15 is 0 Å². The van der Waals surface area contributed by atoms with Gasteiger partial charge in [-0.15, -0.1) is 22.7 Å². The van der Waals surface area contributed by atoms with Crippen LogP contribution in [0.2, 0.25) is 5.02 Å². The van der Waals surface area contributed by atoms with Gasteiger partial charge in [0, 0.05) is 16.5 Å². The number of aromatic nitrogens is 1. The molecule has 2 amide bonds. The van der Waals surface area contributed by atoms with E-state index in [1.54, 1.807) is 17.5 Å². The number of thiazole rings is 1. The van der Waals surface area contributed by atoms with Gasteiger partial charge in [0.2, 0.25) is 0 Å². The van der Waals surface area contributed by atoms with Gasteiger partial charge in [-0.05, 0) is 47.8 Å². The Morgan fingerprint density at radius 3 is 2.58 bits per heavy atom. The summed E-state index contributed by atoms with van der Waals surface area (Å²) in [5, 5.41) is 9.07. The fourth-order valence-electron chi connectivity index (χ4n) is 2.67. The van der Waals surface area contributed by atoms with E-state index in [2.05, 4.69) is 15.6 Å². The van der Waals surface area contributed by atoms with Crippen LogP contribution in [-0.4, -0.2) is 16.8 Å². The van der Waals surface area contributed by atoms with Crippen LogP contribution in [-0.2, 0) is 0 Å². The van der Waals surface area contributed by atoms with Crippen molar-refractivity contribution in [2.45, 2.75) is 0 Å². The fourth-order valence-corrected chi connectivity index (χ4v) is 4.16. The van der Waals surface area contributed by atoms with Crippen molar-refractivity contribution >= 4 is 56.9 Å². The third-order valence-electron chi connectivity index (χ3n) is 4.15. The Morgan fingerprint density at radius 1 is 0.968 bits per heavy atom. The van der Waals surface area contributed by atoms with Gasteiger partial charge in [0.15, 0.2) is 5.13 Å². The first-order chi connectivity index (χ1) is 14.9. The van der Waals surface area contributed by atoms with Crippen molar-refractivity contribution in [3.05, 3.63) is 86.4 Å². The third-order valence-corrected chi connectivity index (χ3v) is 6.11. The summed E-state index contributed by atoms with van der Waals surface area (Å²) in [4.78, 5) is 29.6. The molecule has 156 valence electrons. The summed E-state index contributed by atoms with van der Waals surface area (Å²) in [6, 6.07) is 10.9. The predicted octanol–water partition coefficient (Wildman–Crippen LogP) is 6.31. The van der Waals surface area contributed by atoms with Gasteiger partial charge in [0.1, 0.15) is 11.6 Å². The lowest BCUT2D eigenvalue weighted by molar-refractivity contribution is 0.101. The van der Waals surface area contributed by atoms with Crippen LogP contribution in [0.15, 0.2) is 59.3 Å². The highest BCUT2D eigenvalue weighted by atomic mass is 35.5. The molecule has 4 aromatic rings. The molecular formula is C21H12ClF2N3O2S2. The second kappa shape index (κ2) is 8.93. The lowest BCUT2D eigenvalue weighted by atomic mass is 10.1. The number of carbonyl (C=O) groups is 2. The van der Waals surface area contributed by atoms with Crippen molar-refractivity contribution in [3.8, 4) is 11.3 Å². The molecule has 2 N–H and O–H groups in total. The van der Waals surface area contributed by atoms with Crippen molar-refractivity contribution in [1.82, 2.24) is 4.98 Å². The zero-order valence-electron chi connectivity index (χ0n) is 15.5. The normalized spacial score (nSPS) is 10.7. The van der Waals surface area contributed by atoms with Crippen LogP contribution in [0.5, 0.6) is 0 Å². The monoisotopic (exact) mass is 475 g/mol. The lowest BCUT2D eigenvalue weighted by Crippen LogP contribution is -2.14. The number of rotatable bonds is 5. The Labute approximate surface area is 188 Å². The number of nitrogens with zero attached hydrogens (tertiary/aromatic N) is 1. The molecule has 0 aliphatic carbocycles. The summed E-state index contributed by atoms with van der Waals surface area (Å²) in [5.41, 5.74) is 0.730. The van der Waals surface area contributed by atoms with Gasteiger partial charge in [-0.2, -0.15) is 0 Å². The molecule has 4 rings (SSSR count). The molecule has 0 bridgehead atoms. The molecule has 0 unspecified atom stereocenters. The molecule has 2 aromatic heterocycles. The number of nitrogens with one attached hydrogen (secondary N) is 2. The van der Waals surface area contributed by atoms with Crippen molar-refractivity contribution in [1.29, 1.82) is 0 Å². The molecule has 0 radical (unpaired) electrons. The van der Waals surface area contributed by atoms with Crippen molar-refractivity contribution in [3.63, 3.8) is 0 Å². The van der Waals surface area contributed by atoms with Crippen LogP contribution < -0.4 is 10.6 Å². The largest absolute Gasteiger partial charge is 0.320 e. The maximum absolute atomic E-state index is 13.9. The number of hydrogen-bond acceptors (Lipinski definition) is 5. The smallest absolute Gasteiger partial charge is 0.265 e. The number of hydrogen-bond donors (Lipinski definition) is 2. The third kappa shape index (κ3) is 4.79. The minimum atomic E-state index is -0.617. The topological polar surface area (TPSA) is 71.1 Å². The zero-order valence-corrected chi connectivity index (χ0v) is 17.9. The minimum absolute atomic E-state index is 0.00168. The number of halogens is 3. The SMILES string of the molecule is O=C(Nc1nc(-c2cc(F)ccc2F)cs1)c1ccc(Cl)c(NC(=O)c2cccs2)c1. The maximum Gasteiger partial charge on any atom is 0.265 e. The molecule has 31 heavy (non-hydrogen) atoms. The Hall–Kier alpha value is -3.14. The molecule has 0 atom stereocenters. The summed E-state index contributed by atoms with van der Waals surface area (Å²) in [6.45, 7) is 0. The second-order valence-corrected chi connectivity index (χ2v) is 8.46. The van der Waals surface area contributed by atoms with E-state index in [0.29, 0.717) is 4.88 Å². The van der Waals surface area contributed by atoms with Gasteiger partial charge in [0.25, 0.3) is 11.8 Å². The Bertz CT molecular complexity index is 1280. The second-order valence-electron chi connectivity index (χ2n) is 6.24. The van der Waals surface area contributed by atoms with Gasteiger partial charge in [-0.1, -0.05) is 17.7 Å². The molecule has 0 saturated heterocycles. The van der Waals surface area contributed by atoms with Crippen molar-refractivity contribution < 1.29 is 18.4 Å². The van der Waals surface area contributed by atoms with Crippen molar-refractivity contribution in [2.75, 3.05) is 10.6 Å². The van der Waals surface area contributed by atoms with Gasteiger partial charge in [-0.25, -0.2) is 13.8 Å². The Morgan fingerprint density at radius 2 is 1.81 bits per heavy atom. The molecule has 0 aliphatic rings. The molecule has 0 aliphatic heterocycles. The van der Waals surface area contributed by atoms with Gasteiger partial charge in [-0.3, -0.25) is 14.9 Å². The van der Waals surface area contributed by atoms with E-state index in [0.717, 1.165) is 29.5 Å². The number of benzene rings is 2. The Balaban J connectivity index is 1.51. The first kappa shape index (κ1) is 21.1. The van der Waals surface area contributed by atoms with E-state index in [1.165, 1.54) is 34.9 Å². The van der Waals surface area contributed by atoms with Crippen LogP contribution in [0.4, 0.5) is 19.6 Å². The zero-order chi connectivity index (χ0) is 22.0. The first-order valence-corrected chi connectivity index (χ1v) is 10.9. The fraction of sp³-hybridized carbons (Fsp3) is 0. The van der Waals surface area contributed by atoms with Crippen LogP contribution in [0.3, 0.4) is 0 Å². The summed E-state index contributed by atoms with van der Waals surface area (Å²) in [7, 11) is 0. The molecule has 0 fully saturated rings. The highest BCUT2D eigenvalue weighted by Gasteiger charge is 2.16. The maximum atomic E-state index is 13.9. The van der Waals surface area contributed by atoms with Gasteiger partial charge >= 0.3 is 0 Å². The Kier molecular flexibility index (Phi) is 6.08. The molecule has 0 spiro atoms. The van der Waals surface area contributed by atoms with E-state index < -0.39 is 17.5 Å². The number of carbonyl (C=O) groups excluding carboxylic acids is 2. The average molecular weight is 476 g/mol. The van der Waals surface area contributed by atoms with Crippen LogP contribution >= 0.6 is 34.3 Å². The van der Waals surface area contributed by atoms with E-state index in [-0.39, 0.29) is 38.6 Å². The number of thiophene rings is 1. The molecular weight excluding hydrogens is 464 g/mol. The lowest BCUT2D eigenvalue weighted by Gasteiger charge is -2.09. The predicted molar refractivity (Wildman–Crippen MR) is 119 cm³/mol. The quantitative estimate of drug-likeness (QED) is 0.355. The van der Waals surface area contributed by atoms with E-state index in [9.17, 15) is 18.4 Å². The summed E-state index contributed by atoms with van der Waals surface area (Å²) < 4.78 is 27.4. The van der Waals surface area contributed by atoms with Crippen molar-refractivity contribution in [2.24, 2.45) is 0 Å². The average Bonchev–Trinajstić information content (AvgIpc) is 3.44. The van der Waals surface area contributed by atoms with E-state index in [1.807, 2.05) is 0 Å².